The predicted molar refractivity (Wildman–Crippen MR) is 77.6 cm³/mol. The molecule has 1 N–H and O–H groups in total. The molecule has 2 heterocycles. The standard InChI is InChI=1S/C14H14FN5O3/c1-9(21)16-7-11-8-19(14(22)23-11)10-2-3-13(12(15)6-10)20-17-4-5-18-20/h2-6,11H,7-8H2,1H3,(H,16,21)/t11-/m0/s1. The van der Waals surface area contributed by atoms with Crippen LogP contribution in [0.4, 0.5) is 14.9 Å². The minimum absolute atomic E-state index is 0.182. The summed E-state index contributed by atoms with van der Waals surface area (Å²) in [5.41, 5.74) is 0.551. The predicted octanol–water partition coefficient (Wildman–Crippen LogP) is 0.868. The maximum Gasteiger partial charge on any atom is 0.414 e. The van der Waals surface area contributed by atoms with E-state index in [9.17, 15) is 14.0 Å². The van der Waals surface area contributed by atoms with Gasteiger partial charge in [-0.15, -0.1) is 4.80 Å². The quantitative estimate of drug-likeness (QED) is 0.903. The third kappa shape index (κ3) is 3.12. The van der Waals surface area contributed by atoms with Crippen LogP contribution in [-0.4, -0.2) is 46.2 Å². The van der Waals surface area contributed by atoms with Gasteiger partial charge in [0.15, 0.2) is 5.82 Å². The molecule has 2 amide bonds. The summed E-state index contributed by atoms with van der Waals surface area (Å²) in [4.78, 5) is 25.3. The average molecular weight is 319 g/mol. The molecule has 23 heavy (non-hydrogen) atoms. The number of nitrogens with zero attached hydrogens (tertiary/aromatic N) is 4. The van der Waals surface area contributed by atoms with Gasteiger partial charge in [-0.05, 0) is 12.1 Å². The molecule has 1 aromatic carbocycles. The first-order chi connectivity index (χ1) is 11.0. The van der Waals surface area contributed by atoms with Crippen molar-refractivity contribution in [3.05, 3.63) is 36.4 Å². The highest BCUT2D eigenvalue weighted by molar-refractivity contribution is 5.90. The molecule has 3 rings (SSSR count). The summed E-state index contributed by atoms with van der Waals surface area (Å²) in [5.74, 6) is -0.765. The van der Waals surface area contributed by atoms with E-state index in [2.05, 4.69) is 15.5 Å². The van der Waals surface area contributed by atoms with Gasteiger partial charge in [-0.25, -0.2) is 9.18 Å². The molecule has 1 aliphatic rings. The number of halogens is 1. The van der Waals surface area contributed by atoms with E-state index in [1.165, 1.54) is 36.4 Å². The number of nitrogens with one attached hydrogen (secondary N) is 1. The Kier molecular flexibility index (Phi) is 3.92. The molecule has 0 bridgehead atoms. The second kappa shape index (κ2) is 6.03. The van der Waals surface area contributed by atoms with Crippen LogP contribution in [0.2, 0.25) is 0 Å². The van der Waals surface area contributed by atoms with Crippen molar-refractivity contribution in [1.82, 2.24) is 20.3 Å². The van der Waals surface area contributed by atoms with Crippen LogP contribution >= 0.6 is 0 Å². The lowest BCUT2D eigenvalue weighted by molar-refractivity contribution is -0.119. The molecule has 0 radical (unpaired) electrons. The SMILES string of the molecule is CC(=O)NC[C@H]1CN(c2ccc(-n3nccn3)c(F)c2)C(=O)O1. The lowest BCUT2D eigenvalue weighted by Gasteiger charge is -2.14. The van der Waals surface area contributed by atoms with Crippen LogP contribution in [0.5, 0.6) is 0 Å². The minimum atomic E-state index is -0.579. The number of amides is 2. The third-order valence-electron chi connectivity index (χ3n) is 3.33. The number of ether oxygens (including phenoxy) is 1. The van der Waals surface area contributed by atoms with Gasteiger partial charge in [-0.1, -0.05) is 0 Å². The summed E-state index contributed by atoms with van der Waals surface area (Å²) in [7, 11) is 0. The second-order valence-corrected chi connectivity index (χ2v) is 5.01. The number of anilines is 1. The Morgan fingerprint density at radius 1 is 1.43 bits per heavy atom. The van der Waals surface area contributed by atoms with Gasteiger partial charge in [0.05, 0.1) is 31.2 Å². The Morgan fingerprint density at radius 2 is 2.17 bits per heavy atom. The molecule has 1 atom stereocenters. The lowest BCUT2D eigenvalue weighted by Crippen LogP contribution is -2.33. The van der Waals surface area contributed by atoms with Crippen LogP contribution in [0.15, 0.2) is 30.6 Å². The van der Waals surface area contributed by atoms with E-state index in [4.69, 9.17) is 4.74 Å². The molecule has 0 aliphatic carbocycles. The van der Waals surface area contributed by atoms with Crippen LogP contribution < -0.4 is 10.2 Å². The Bertz CT molecular complexity index is 734. The maximum absolute atomic E-state index is 14.2. The van der Waals surface area contributed by atoms with Crippen molar-refractivity contribution in [3.63, 3.8) is 0 Å². The summed E-state index contributed by atoms with van der Waals surface area (Å²) in [5, 5.41) is 10.3. The molecule has 2 aromatic rings. The molecule has 0 spiro atoms. The molecule has 1 fully saturated rings. The van der Waals surface area contributed by atoms with Crippen molar-refractivity contribution in [2.75, 3.05) is 18.0 Å². The van der Waals surface area contributed by atoms with E-state index in [1.807, 2.05) is 0 Å². The Labute approximate surface area is 130 Å². The fourth-order valence-electron chi connectivity index (χ4n) is 2.26. The Balaban J connectivity index is 1.76. The number of carbonyl (C=O) groups is 2. The minimum Gasteiger partial charge on any atom is -0.442 e. The molecular formula is C14H14FN5O3. The second-order valence-electron chi connectivity index (χ2n) is 5.01. The first kappa shape index (κ1) is 14.9. The Hall–Kier alpha value is -2.97. The Morgan fingerprint density at radius 3 is 2.83 bits per heavy atom. The van der Waals surface area contributed by atoms with E-state index >= 15 is 0 Å². The van der Waals surface area contributed by atoms with Crippen molar-refractivity contribution in [2.45, 2.75) is 13.0 Å². The van der Waals surface area contributed by atoms with Gasteiger partial charge in [0.2, 0.25) is 5.91 Å². The smallest absolute Gasteiger partial charge is 0.414 e. The molecule has 120 valence electrons. The van der Waals surface area contributed by atoms with Crippen LogP contribution in [0.3, 0.4) is 0 Å². The number of carbonyl (C=O) groups excluding carboxylic acids is 2. The molecule has 0 unspecified atom stereocenters. The van der Waals surface area contributed by atoms with Gasteiger partial charge in [0.25, 0.3) is 0 Å². The van der Waals surface area contributed by atoms with Gasteiger partial charge >= 0.3 is 6.09 Å². The van der Waals surface area contributed by atoms with Crippen molar-refractivity contribution < 1.29 is 18.7 Å². The van der Waals surface area contributed by atoms with Crippen LogP contribution in [0, 0.1) is 5.82 Å². The van der Waals surface area contributed by atoms with Gasteiger partial charge in [-0.2, -0.15) is 10.2 Å². The van der Waals surface area contributed by atoms with Crippen LogP contribution in [0.25, 0.3) is 5.69 Å². The zero-order valence-corrected chi connectivity index (χ0v) is 12.3. The monoisotopic (exact) mass is 319 g/mol. The van der Waals surface area contributed by atoms with Crippen LogP contribution in [-0.2, 0) is 9.53 Å². The summed E-state index contributed by atoms with van der Waals surface area (Å²) < 4.78 is 19.3. The van der Waals surface area contributed by atoms with E-state index in [-0.39, 0.29) is 24.7 Å². The highest BCUT2D eigenvalue weighted by atomic mass is 19.1. The fraction of sp³-hybridized carbons (Fsp3) is 0.286. The van der Waals surface area contributed by atoms with Crippen molar-refractivity contribution in [1.29, 1.82) is 0 Å². The van der Waals surface area contributed by atoms with E-state index < -0.39 is 18.0 Å². The van der Waals surface area contributed by atoms with E-state index in [0.717, 1.165) is 4.80 Å². The topological polar surface area (TPSA) is 89.4 Å². The summed E-state index contributed by atoms with van der Waals surface area (Å²) in [6.45, 7) is 1.83. The lowest BCUT2D eigenvalue weighted by atomic mass is 10.2. The van der Waals surface area contributed by atoms with Gasteiger partial charge < -0.3 is 10.1 Å². The first-order valence-corrected chi connectivity index (χ1v) is 6.93. The number of hydrogen-bond acceptors (Lipinski definition) is 5. The zero-order valence-electron chi connectivity index (χ0n) is 12.3. The molecule has 1 aromatic heterocycles. The van der Waals surface area contributed by atoms with E-state index in [0.29, 0.717) is 5.69 Å². The molecular weight excluding hydrogens is 305 g/mol. The van der Waals surface area contributed by atoms with Crippen molar-refractivity contribution in [3.8, 4) is 5.69 Å². The van der Waals surface area contributed by atoms with E-state index in [1.54, 1.807) is 6.07 Å². The molecule has 1 aliphatic heterocycles. The number of rotatable bonds is 4. The molecule has 9 heteroatoms. The number of cyclic esters (lactones) is 1. The molecule has 1 saturated heterocycles. The third-order valence-corrected chi connectivity index (χ3v) is 3.33. The maximum atomic E-state index is 14.2. The number of hydrogen-bond donors (Lipinski definition) is 1. The van der Waals surface area contributed by atoms with Gasteiger partial charge in [-0.3, -0.25) is 9.69 Å². The van der Waals surface area contributed by atoms with Crippen LogP contribution in [0.1, 0.15) is 6.92 Å². The summed E-state index contributed by atoms with van der Waals surface area (Å²) in [6, 6.07) is 4.30. The summed E-state index contributed by atoms with van der Waals surface area (Å²) >= 11 is 0. The molecule has 8 nitrogen and oxygen atoms in total. The van der Waals surface area contributed by atoms with Crippen molar-refractivity contribution >= 4 is 17.7 Å². The zero-order chi connectivity index (χ0) is 16.4. The highest BCUT2D eigenvalue weighted by Crippen LogP contribution is 2.24. The van der Waals surface area contributed by atoms with Gasteiger partial charge in [0, 0.05) is 13.0 Å². The normalized spacial score (nSPS) is 17.2. The summed E-state index contributed by atoms with van der Waals surface area (Å²) in [6.07, 6.45) is 1.84. The fourth-order valence-corrected chi connectivity index (χ4v) is 2.26. The van der Waals surface area contributed by atoms with Crippen molar-refractivity contribution in [2.24, 2.45) is 0 Å². The molecule has 0 saturated carbocycles. The largest absolute Gasteiger partial charge is 0.442 e. The average Bonchev–Trinajstić information content (AvgIpc) is 3.14. The van der Waals surface area contributed by atoms with Gasteiger partial charge in [0.1, 0.15) is 11.8 Å². The first-order valence-electron chi connectivity index (χ1n) is 6.93. The number of benzene rings is 1. The highest BCUT2D eigenvalue weighted by Gasteiger charge is 2.32. The number of aromatic nitrogens is 3.